The number of aromatic nitrogens is 1. The van der Waals surface area contributed by atoms with Crippen molar-refractivity contribution in [2.45, 2.75) is 18.9 Å². The number of benzene rings is 3. The van der Waals surface area contributed by atoms with Crippen LogP contribution in [0.1, 0.15) is 27.7 Å². The zero-order valence-electron chi connectivity index (χ0n) is 21.0. The summed E-state index contributed by atoms with van der Waals surface area (Å²) in [7, 11) is 3.89. The van der Waals surface area contributed by atoms with E-state index in [0.29, 0.717) is 21.5 Å². The third-order valence-corrected chi connectivity index (χ3v) is 8.47. The fourth-order valence-electron chi connectivity index (χ4n) is 3.75. The SMILES string of the molecule is CN(C)c1ccc(C(=O)NC(C)(CI)C(=O)Nc2nc(-c3ccccc3)c(Cc3ccccc3)s2)cc1. The van der Waals surface area contributed by atoms with Crippen LogP contribution in [0.3, 0.4) is 0 Å². The molecule has 37 heavy (non-hydrogen) atoms. The van der Waals surface area contributed by atoms with Crippen molar-refractivity contribution in [1.29, 1.82) is 0 Å². The van der Waals surface area contributed by atoms with E-state index in [1.54, 1.807) is 19.1 Å². The van der Waals surface area contributed by atoms with Gasteiger partial charge >= 0.3 is 0 Å². The van der Waals surface area contributed by atoms with Gasteiger partial charge in [-0.2, -0.15) is 0 Å². The maximum Gasteiger partial charge on any atom is 0.252 e. The van der Waals surface area contributed by atoms with E-state index in [9.17, 15) is 9.59 Å². The van der Waals surface area contributed by atoms with Crippen LogP contribution in [0.15, 0.2) is 84.9 Å². The molecule has 0 fully saturated rings. The third-order valence-electron chi connectivity index (χ3n) is 5.98. The maximum absolute atomic E-state index is 13.4. The first kappa shape index (κ1) is 26.8. The summed E-state index contributed by atoms with van der Waals surface area (Å²) in [6.45, 7) is 1.73. The minimum Gasteiger partial charge on any atom is -0.378 e. The van der Waals surface area contributed by atoms with Crippen LogP contribution in [0.4, 0.5) is 10.8 Å². The number of nitrogens with one attached hydrogen (secondary N) is 2. The van der Waals surface area contributed by atoms with Crippen LogP contribution in [0.5, 0.6) is 0 Å². The van der Waals surface area contributed by atoms with E-state index in [-0.39, 0.29) is 11.8 Å². The van der Waals surface area contributed by atoms with Crippen molar-refractivity contribution in [1.82, 2.24) is 10.3 Å². The fraction of sp³-hybridized carbons (Fsp3) is 0.207. The summed E-state index contributed by atoms with van der Waals surface area (Å²) in [5.41, 5.74) is 3.40. The van der Waals surface area contributed by atoms with E-state index in [0.717, 1.165) is 21.8 Å². The normalized spacial score (nSPS) is 12.4. The first-order valence-electron chi connectivity index (χ1n) is 11.9. The fourth-order valence-corrected chi connectivity index (χ4v) is 5.30. The Bertz CT molecular complexity index is 1360. The summed E-state index contributed by atoms with van der Waals surface area (Å²) >= 11 is 3.59. The van der Waals surface area contributed by atoms with E-state index < -0.39 is 5.54 Å². The molecule has 4 aromatic rings. The molecule has 0 saturated heterocycles. The van der Waals surface area contributed by atoms with Crippen molar-refractivity contribution < 1.29 is 9.59 Å². The molecule has 190 valence electrons. The van der Waals surface area contributed by atoms with E-state index in [4.69, 9.17) is 4.98 Å². The number of hydrogen-bond donors (Lipinski definition) is 2. The standard InChI is InChI=1S/C29H29IN4O2S/c1-29(19-30,33-26(35)22-14-16-23(17-15-22)34(2)3)27(36)32-28-31-25(21-12-8-5-9-13-21)24(37-28)18-20-10-6-4-7-11-20/h4-17H,18-19H2,1-3H3,(H,33,35)(H,31,32,36). The lowest BCUT2D eigenvalue weighted by molar-refractivity contribution is -0.120. The van der Waals surface area contributed by atoms with Gasteiger partial charge in [0.15, 0.2) is 5.13 Å². The van der Waals surface area contributed by atoms with Crippen LogP contribution in [-0.4, -0.2) is 40.9 Å². The maximum atomic E-state index is 13.4. The molecule has 1 heterocycles. The molecular formula is C29H29IN4O2S. The van der Waals surface area contributed by atoms with E-state index >= 15 is 0 Å². The molecule has 1 unspecified atom stereocenters. The largest absolute Gasteiger partial charge is 0.378 e. The summed E-state index contributed by atoms with van der Waals surface area (Å²) in [5, 5.41) is 6.41. The molecule has 6 nitrogen and oxygen atoms in total. The summed E-state index contributed by atoms with van der Waals surface area (Å²) in [6.07, 6.45) is 0.710. The first-order valence-corrected chi connectivity index (χ1v) is 14.2. The van der Waals surface area contributed by atoms with Gasteiger partial charge in [0.25, 0.3) is 11.8 Å². The quantitative estimate of drug-likeness (QED) is 0.176. The van der Waals surface area contributed by atoms with E-state index in [2.05, 4.69) is 45.4 Å². The Labute approximate surface area is 235 Å². The lowest BCUT2D eigenvalue weighted by Crippen LogP contribution is -2.56. The van der Waals surface area contributed by atoms with Crippen molar-refractivity contribution >= 4 is 56.6 Å². The number of rotatable bonds is 9. The Morgan fingerprint density at radius 2 is 1.57 bits per heavy atom. The average Bonchev–Trinajstić information content (AvgIpc) is 3.31. The number of alkyl halides is 1. The molecule has 0 saturated carbocycles. The van der Waals surface area contributed by atoms with Crippen molar-refractivity contribution in [2.75, 3.05) is 28.7 Å². The van der Waals surface area contributed by atoms with Gasteiger partial charge in [-0.25, -0.2) is 4.98 Å². The topological polar surface area (TPSA) is 74.3 Å². The van der Waals surface area contributed by atoms with Crippen LogP contribution in [0, 0.1) is 0 Å². The summed E-state index contributed by atoms with van der Waals surface area (Å²) < 4.78 is 0.395. The number of halogens is 1. The lowest BCUT2D eigenvalue weighted by Gasteiger charge is -2.27. The monoisotopic (exact) mass is 624 g/mol. The van der Waals surface area contributed by atoms with E-state index in [1.165, 1.54) is 16.9 Å². The molecule has 0 spiro atoms. The Balaban J connectivity index is 1.55. The van der Waals surface area contributed by atoms with Crippen LogP contribution in [0.2, 0.25) is 0 Å². The van der Waals surface area contributed by atoms with Gasteiger partial charge < -0.3 is 10.2 Å². The molecule has 1 aromatic heterocycles. The molecule has 0 bridgehead atoms. The smallest absolute Gasteiger partial charge is 0.252 e. The second-order valence-corrected chi connectivity index (χ2v) is 11.0. The van der Waals surface area contributed by atoms with Gasteiger partial charge in [0.1, 0.15) is 5.54 Å². The van der Waals surface area contributed by atoms with Crippen LogP contribution >= 0.6 is 33.9 Å². The molecule has 0 aliphatic heterocycles. The molecule has 0 aliphatic carbocycles. The number of nitrogens with zero attached hydrogens (tertiary/aromatic N) is 2. The highest BCUT2D eigenvalue weighted by Crippen LogP contribution is 2.33. The molecular weight excluding hydrogens is 595 g/mol. The highest BCUT2D eigenvalue weighted by atomic mass is 127. The highest BCUT2D eigenvalue weighted by Gasteiger charge is 2.35. The summed E-state index contributed by atoms with van der Waals surface area (Å²) in [6, 6.07) is 27.5. The van der Waals surface area contributed by atoms with Crippen LogP contribution in [0.25, 0.3) is 11.3 Å². The molecule has 0 radical (unpaired) electrons. The molecule has 2 amide bonds. The van der Waals surface area contributed by atoms with Gasteiger partial charge in [-0.1, -0.05) is 83.3 Å². The molecule has 0 aliphatic rings. The minimum absolute atomic E-state index is 0.298. The van der Waals surface area contributed by atoms with Gasteiger partial charge in [-0.05, 0) is 36.8 Å². The molecule has 2 N–H and O–H groups in total. The molecule has 1 atom stereocenters. The first-order chi connectivity index (χ1) is 17.8. The van der Waals surface area contributed by atoms with Gasteiger partial charge in [0.2, 0.25) is 0 Å². The van der Waals surface area contributed by atoms with Crippen molar-refractivity contribution in [3.63, 3.8) is 0 Å². The predicted molar refractivity (Wildman–Crippen MR) is 161 cm³/mol. The Kier molecular flexibility index (Phi) is 8.60. The van der Waals surface area contributed by atoms with Gasteiger partial charge in [-0.15, -0.1) is 11.3 Å². The number of thiazole rings is 1. The van der Waals surface area contributed by atoms with Crippen LogP contribution in [-0.2, 0) is 11.2 Å². The van der Waals surface area contributed by atoms with Crippen molar-refractivity contribution in [3.05, 3.63) is 101 Å². The minimum atomic E-state index is -1.12. The number of amides is 2. The second kappa shape index (κ2) is 11.9. The van der Waals surface area contributed by atoms with E-state index in [1.807, 2.05) is 79.7 Å². The van der Waals surface area contributed by atoms with Gasteiger partial charge in [0.05, 0.1) is 5.69 Å². The second-order valence-electron chi connectivity index (χ2n) is 9.13. The Hall–Kier alpha value is -3.24. The summed E-state index contributed by atoms with van der Waals surface area (Å²) in [5.74, 6) is -0.603. The predicted octanol–water partition coefficient (Wildman–Crippen LogP) is 6.03. The highest BCUT2D eigenvalue weighted by molar-refractivity contribution is 14.1. The zero-order chi connectivity index (χ0) is 26.4. The number of carbonyl (C=O) groups is 2. The average molecular weight is 625 g/mol. The number of carbonyl (C=O) groups excluding carboxylic acids is 2. The summed E-state index contributed by atoms with van der Waals surface area (Å²) in [4.78, 5) is 34.2. The zero-order valence-corrected chi connectivity index (χ0v) is 24.0. The van der Waals surface area contributed by atoms with Crippen molar-refractivity contribution in [3.8, 4) is 11.3 Å². The van der Waals surface area contributed by atoms with Crippen LogP contribution < -0.4 is 15.5 Å². The molecule has 3 aromatic carbocycles. The number of anilines is 2. The third kappa shape index (κ3) is 6.56. The molecule has 8 heteroatoms. The van der Waals surface area contributed by atoms with Gasteiger partial charge in [0, 0.05) is 46.6 Å². The Morgan fingerprint density at radius 1 is 0.946 bits per heavy atom. The Morgan fingerprint density at radius 3 is 2.16 bits per heavy atom. The van der Waals surface area contributed by atoms with Gasteiger partial charge in [-0.3, -0.25) is 14.9 Å². The van der Waals surface area contributed by atoms with Crippen molar-refractivity contribution in [2.24, 2.45) is 0 Å². The lowest BCUT2D eigenvalue weighted by atomic mass is 10.0. The number of hydrogen-bond acceptors (Lipinski definition) is 5. The molecule has 4 rings (SSSR count).